The molecule has 1 aliphatic carbocycles. The molecule has 0 amide bonds. The van der Waals surface area contributed by atoms with Gasteiger partial charge in [-0.05, 0) is 69.5 Å². The van der Waals surface area contributed by atoms with Gasteiger partial charge in [0, 0.05) is 12.1 Å². The number of phenolic OH excluding ortho intramolecular Hbond substituents is 1. The molecule has 1 saturated carbocycles. The SMILES string of the molecule is CC.CC(C)=O.COc1ccc(-c2sc(NC3CCCCCC3)nc2C)cc1S(=O)Nc1cccc(O)c1. The minimum absolute atomic E-state index is 0.113. The van der Waals surface area contributed by atoms with Crippen LogP contribution in [0.25, 0.3) is 10.4 Å². The van der Waals surface area contributed by atoms with E-state index in [0.717, 1.165) is 21.3 Å². The molecule has 1 aliphatic rings. The second-order valence-corrected chi connectivity index (χ2v) is 11.1. The van der Waals surface area contributed by atoms with Crippen molar-refractivity contribution in [3.05, 3.63) is 48.2 Å². The Labute approximate surface area is 233 Å². The van der Waals surface area contributed by atoms with Gasteiger partial charge in [-0.15, -0.1) is 0 Å². The number of nitrogens with one attached hydrogen (secondary N) is 2. The highest BCUT2D eigenvalue weighted by Crippen LogP contribution is 2.37. The number of anilines is 2. The highest BCUT2D eigenvalue weighted by Gasteiger charge is 2.18. The summed E-state index contributed by atoms with van der Waals surface area (Å²) in [5.41, 5.74) is 2.48. The molecular weight excluding hydrogens is 518 g/mol. The van der Waals surface area contributed by atoms with E-state index in [4.69, 9.17) is 9.72 Å². The van der Waals surface area contributed by atoms with Crippen LogP contribution in [-0.2, 0) is 15.8 Å². The third kappa shape index (κ3) is 9.76. The second-order valence-electron chi connectivity index (χ2n) is 8.96. The van der Waals surface area contributed by atoms with Crippen molar-refractivity contribution in [1.29, 1.82) is 0 Å². The minimum Gasteiger partial charge on any atom is -0.508 e. The molecule has 0 aliphatic heterocycles. The summed E-state index contributed by atoms with van der Waals surface area (Å²) in [6.07, 6.45) is 7.58. The number of ether oxygens (including phenoxy) is 1. The first kappa shape index (κ1) is 31.3. The highest BCUT2D eigenvalue weighted by atomic mass is 32.2. The first-order valence-electron chi connectivity index (χ1n) is 13.1. The summed E-state index contributed by atoms with van der Waals surface area (Å²) in [5, 5.41) is 14.3. The number of carbonyl (C=O) groups is 1. The van der Waals surface area contributed by atoms with Crippen LogP contribution in [0.4, 0.5) is 10.8 Å². The zero-order valence-corrected chi connectivity index (χ0v) is 24.9. The van der Waals surface area contributed by atoms with Gasteiger partial charge >= 0.3 is 0 Å². The number of carbonyl (C=O) groups excluding carboxylic acids is 1. The number of aryl methyl sites for hydroxylation is 1. The van der Waals surface area contributed by atoms with Crippen LogP contribution in [0.1, 0.15) is 71.9 Å². The zero-order chi connectivity index (χ0) is 28.1. The lowest BCUT2D eigenvalue weighted by atomic mass is 10.1. The number of thiazole rings is 1. The Balaban J connectivity index is 0.000000773. The molecule has 0 saturated heterocycles. The van der Waals surface area contributed by atoms with Crippen molar-refractivity contribution in [3.8, 4) is 21.9 Å². The molecule has 3 aromatic rings. The van der Waals surface area contributed by atoms with Gasteiger partial charge in [0.05, 0.1) is 23.4 Å². The lowest BCUT2D eigenvalue weighted by molar-refractivity contribution is -0.115. The monoisotopic (exact) mass is 559 g/mol. The molecule has 1 aromatic heterocycles. The summed E-state index contributed by atoms with van der Waals surface area (Å²) in [6, 6.07) is 12.8. The quantitative estimate of drug-likeness (QED) is 0.256. The first-order valence-corrected chi connectivity index (χ1v) is 15.1. The van der Waals surface area contributed by atoms with Crippen molar-refractivity contribution in [2.75, 3.05) is 17.1 Å². The first-order chi connectivity index (χ1) is 18.3. The van der Waals surface area contributed by atoms with Crippen LogP contribution in [0.15, 0.2) is 47.4 Å². The Morgan fingerprint density at radius 1 is 1.08 bits per heavy atom. The molecule has 208 valence electrons. The molecule has 4 rings (SSSR count). The van der Waals surface area contributed by atoms with Gasteiger partial charge < -0.3 is 24.7 Å². The van der Waals surface area contributed by atoms with E-state index in [2.05, 4.69) is 10.0 Å². The lowest BCUT2D eigenvalue weighted by Gasteiger charge is -2.14. The largest absolute Gasteiger partial charge is 0.508 e. The van der Waals surface area contributed by atoms with Crippen molar-refractivity contribution in [2.45, 2.75) is 84.1 Å². The van der Waals surface area contributed by atoms with Gasteiger partial charge in [-0.25, -0.2) is 9.19 Å². The molecule has 0 radical (unpaired) electrons. The van der Waals surface area contributed by atoms with Crippen LogP contribution in [0.2, 0.25) is 0 Å². The molecule has 3 N–H and O–H groups in total. The van der Waals surface area contributed by atoms with Crippen molar-refractivity contribution >= 4 is 38.9 Å². The number of hydrogen-bond donors (Lipinski definition) is 3. The summed E-state index contributed by atoms with van der Waals surface area (Å²) in [6.45, 7) is 9.07. The topological polar surface area (TPSA) is 101 Å². The molecule has 1 heterocycles. The Bertz CT molecular complexity index is 1180. The predicted molar refractivity (Wildman–Crippen MR) is 160 cm³/mol. The number of Topliss-reactive ketones (excluding diaryl/α,β-unsaturated/α-hetero) is 1. The maximum absolute atomic E-state index is 13.1. The van der Waals surface area contributed by atoms with Gasteiger partial charge in [-0.2, -0.15) is 0 Å². The van der Waals surface area contributed by atoms with E-state index in [-0.39, 0.29) is 11.5 Å². The van der Waals surface area contributed by atoms with Gasteiger partial charge in [-0.3, -0.25) is 0 Å². The van der Waals surface area contributed by atoms with Gasteiger partial charge in [-0.1, -0.05) is 56.9 Å². The van der Waals surface area contributed by atoms with E-state index in [1.54, 1.807) is 36.6 Å². The number of methoxy groups -OCH3 is 1. The molecular formula is C29H41N3O4S2. The van der Waals surface area contributed by atoms with E-state index >= 15 is 0 Å². The van der Waals surface area contributed by atoms with Crippen molar-refractivity contribution in [2.24, 2.45) is 0 Å². The van der Waals surface area contributed by atoms with Gasteiger partial charge in [0.15, 0.2) is 16.1 Å². The molecule has 0 bridgehead atoms. The van der Waals surface area contributed by atoms with Crippen molar-refractivity contribution in [1.82, 2.24) is 4.98 Å². The number of hydrogen-bond acceptors (Lipinski definition) is 7. The Kier molecular flexibility index (Phi) is 13.3. The maximum atomic E-state index is 13.1. The number of nitrogens with zero attached hydrogens (tertiary/aromatic N) is 1. The molecule has 0 spiro atoms. The maximum Gasteiger partial charge on any atom is 0.183 e. The standard InChI is InChI=1S/C24H29N3O3S2.C3H6O.C2H6/c1-16-23(31-24(25-16)26-18-8-5-3-4-6-9-18)17-12-13-21(30-2)22(14-17)32(29)27-19-10-7-11-20(28)15-19;1-3(2)4;1-2/h7,10-15,18,27-28H,3-6,8-9H2,1-2H3,(H,25,26);1-2H3;1-2H3. The van der Waals surface area contributed by atoms with Crippen LogP contribution in [-0.4, -0.2) is 33.2 Å². The summed E-state index contributed by atoms with van der Waals surface area (Å²) >= 11 is 1.64. The molecule has 1 atom stereocenters. The number of ketones is 1. The van der Waals surface area contributed by atoms with Crippen molar-refractivity contribution < 1.29 is 18.8 Å². The van der Waals surface area contributed by atoms with Crippen LogP contribution < -0.4 is 14.8 Å². The summed E-state index contributed by atoms with van der Waals surface area (Å²) < 4.78 is 21.5. The van der Waals surface area contributed by atoms with E-state index in [1.165, 1.54) is 58.4 Å². The Morgan fingerprint density at radius 2 is 1.74 bits per heavy atom. The fraction of sp³-hybridized carbons (Fsp3) is 0.448. The fourth-order valence-corrected chi connectivity index (χ4v) is 6.08. The predicted octanol–water partition coefficient (Wildman–Crippen LogP) is 7.72. The van der Waals surface area contributed by atoms with Crippen LogP contribution in [0.3, 0.4) is 0 Å². The van der Waals surface area contributed by atoms with E-state index < -0.39 is 11.0 Å². The average molecular weight is 560 g/mol. The molecule has 7 nitrogen and oxygen atoms in total. The number of aromatic hydroxyl groups is 1. The normalized spacial score (nSPS) is 14.1. The fourth-order valence-electron chi connectivity index (χ4n) is 4.02. The zero-order valence-electron chi connectivity index (χ0n) is 23.3. The minimum atomic E-state index is -1.56. The van der Waals surface area contributed by atoms with Gasteiger partial charge in [0.25, 0.3) is 0 Å². The van der Waals surface area contributed by atoms with E-state index in [1.807, 2.05) is 39.0 Å². The Hall–Kier alpha value is -2.91. The van der Waals surface area contributed by atoms with Crippen molar-refractivity contribution in [3.63, 3.8) is 0 Å². The summed E-state index contributed by atoms with van der Waals surface area (Å²) in [7, 11) is 0.00321. The van der Waals surface area contributed by atoms with Crippen LogP contribution in [0.5, 0.6) is 11.5 Å². The number of benzene rings is 2. The number of phenols is 1. The van der Waals surface area contributed by atoms with E-state index in [9.17, 15) is 14.1 Å². The third-order valence-corrected chi connectivity index (χ3v) is 7.94. The van der Waals surface area contributed by atoms with Crippen LogP contribution >= 0.6 is 11.3 Å². The molecule has 1 fully saturated rings. The van der Waals surface area contributed by atoms with Gasteiger partial charge in [0.2, 0.25) is 0 Å². The number of rotatable bonds is 7. The lowest BCUT2D eigenvalue weighted by Crippen LogP contribution is -2.17. The Morgan fingerprint density at radius 3 is 2.34 bits per heavy atom. The molecule has 38 heavy (non-hydrogen) atoms. The second kappa shape index (κ2) is 16.1. The number of aromatic nitrogens is 1. The third-order valence-electron chi connectivity index (χ3n) is 5.66. The smallest absolute Gasteiger partial charge is 0.183 e. The molecule has 1 unspecified atom stereocenters. The molecule has 2 aromatic carbocycles. The summed E-state index contributed by atoms with van der Waals surface area (Å²) in [4.78, 5) is 15.8. The average Bonchev–Trinajstić information content (AvgIpc) is 3.07. The molecule has 9 heteroatoms. The van der Waals surface area contributed by atoms with E-state index in [0.29, 0.717) is 22.4 Å². The summed E-state index contributed by atoms with van der Waals surface area (Å²) in [5.74, 6) is 0.820. The van der Waals surface area contributed by atoms with Gasteiger partial charge in [0.1, 0.15) is 22.2 Å². The van der Waals surface area contributed by atoms with Crippen LogP contribution in [0, 0.1) is 6.92 Å². The highest BCUT2D eigenvalue weighted by molar-refractivity contribution is 7.86.